The van der Waals surface area contributed by atoms with Crippen LogP contribution in [0.5, 0.6) is 0 Å². The van der Waals surface area contributed by atoms with E-state index in [0.717, 1.165) is 50.1 Å². The molecule has 1 aliphatic carbocycles. The van der Waals surface area contributed by atoms with Gasteiger partial charge in [0.05, 0.1) is 5.41 Å². The number of para-hydroxylation sites is 3. The zero-order valence-corrected chi connectivity index (χ0v) is 27.9. The number of benzene rings is 8. The van der Waals surface area contributed by atoms with Gasteiger partial charge in [-0.05, 0) is 81.4 Å². The zero-order chi connectivity index (χ0) is 33.8. The Morgan fingerprint density at radius 3 is 1.73 bits per heavy atom. The third-order valence-electron chi connectivity index (χ3n) is 10.5. The topological polar surface area (TPSA) is 16.4 Å². The van der Waals surface area contributed by atoms with Crippen molar-refractivity contribution < 1.29 is 4.42 Å². The molecule has 0 fully saturated rings. The first-order valence-electron chi connectivity index (χ1n) is 17.5. The van der Waals surface area contributed by atoms with E-state index in [2.05, 4.69) is 193 Å². The van der Waals surface area contributed by atoms with E-state index in [1.807, 2.05) is 12.1 Å². The number of furan rings is 1. The maximum atomic E-state index is 6.48. The summed E-state index contributed by atoms with van der Waals surface area (Å²) < 4.78 is 6.48. The number of rotatable bonds is 6. The van der Waals surface area contributed by atoms with Gasteiger partial charge >= 0.3 is 0 Å². The van der Waals surface area contributed by atoms with Gasteiger partial charge in [-0.1, -0.05) is 158 Å². The molecule has 240 valence electrons. The van der Waals surface area contributed by atoms with Crippen molar-refractivity contribution in [2.75, 3.05) is 4.90 Å². The molecule has 0 atom stereocenters. The Labute approximate surface area is 297 Å². The summed E-state index contributed by atoms with van der Waals surface area (Å²) in [5.41, 5.74) is 14.4. The first kappa shape index (κ1) is 29.3. The summed E-state index contributed by atoms with van der Waals surface area (Å²) in [7, 11) is 0. The minimum atomic E-state index is -0.481. The lowest BCUT2D eigenvalue weighted by molar-refractivity contribution is 0.670. The molecule has 9 aromatic rings. The Kier molecular flexibility index (Phi) is 6.75. The molecule has 0 saturated carbocycles. The fourth-order valence-electron chi connectivity index (χ4n) is 8.38. The first-order chi connectivity index (χ1) is 25.3. The van der Waals surface area contributed by atoms with Gasteiger partial charge in [0.1, 0.15) is 11.2 Å². The van der Waals surface area contributed by atoms with Crippen molar-refractivity contribution in [3.63, 3.8) is 0 Å². The number of hydrogen-bond donors (Lipinski definition) is 0. The van der Waals surface area contributed by atoms with Crippen LogP contribution in [-0.4, -0.2) is 0 Å². The molecule has 1 aromatic heterocycles. The van der Waals surface area contributed by atoms with E-state index >= 15 is 0 Å². The van der Waals surface area contributed by atoms with Gasteiger partial charge in [-0.25, -0.2) is 0 Å². The van der Waals surface area contributed by atoms with Crippen molar-refractivity contribution >= 4 is 39.0 Å². The quantitative estimate of drug-likeness (QED) is 0.178. The van der Waals surface area contributed by atoms with Crippen LogP contribution in [0.2, 0.25) is 0 Å². The Bertz CT molecular complexity index is 2650. The maximum Gasteiger partial charge on any atom is 0.143 e. The van der Waals surface area contributed by atoms with E-state index in [1.165, 1.54) is 33.4 Å². The Morgan fingerprint density at radius 2 is 0.941 bits per heavy atom. The van der Waals surface area contributed by atoms with Crippen LogP contribution in [0.25, 0.3) is 44.2 Å². The summed E-state index contributed by atoms with van der Waals surface area (Å²) in [4.78, 5) is 2.38. The molecule has 0 unspecified atom stereocenters. The van der Waals surface area contributed by atoms with E-state index < -0.39 is 5.41 Å². The van der Waals surface area contributed by atoms with Crippen molar-refractivity contribution in [3.8, 4) is 22.3 Å². The normalized spacial score (nSPS) is 12.9. The highest BCUT2D eigenvalue weighted by molar-refractivity contribution is 6.09. The standard InChI is InChI=1S/C49H33NO/c1-4-17-35(18-5-1)49(36-19-6-2-7-20-36)45-28-12-10-24-41(45)42-31-30-39(33-46(42)49)50(37-21-8-3-9-22-37)38-23-14-16-34(32-38)40-26-15-27-44-43-25-11-13-29-47(43)51-48(40)44/h1-33H. The number of nitrogens with zero attached hydrogens (tertiary/aromatic N) is 1. The van der Waals surface area contributed by atoms with Crippen LogP contribution < -0.4 is 4.90 Å². The highest BCUT2D eigenvalue weighted by Gasteiger charge is 2.46. The predicted octanol–water partition coefficient (Wildman–Crippen LogP) is 13.1. The molecular formula is C49H33NO. The molecule has 0 aliphatic heterocycles. The molecule has 8 aromatic carbocycles. The second kappa shape index (κ2) is 11.8. The fraction of sp³-hybridized carbons (Fsp3) is 0.0204. The molecule has 10 rings (SSSR count). The Hall–Kier alpha value is -6.64. The SMILES string of the molecule is c1ccc(N(c2cccc(-c3cccc4c3oc3ccccc34)c2)c2ccc3c(c2)C(c2ccccc2)(c2ccccc2)c2ccccc2-3)cc1. The van der Waals surface area contributed by atoms with Crippen LogP contribution in [0.3, 0.4) is 0 Å². The zero-order valence-electron chi connectivity index (χ0n) is 27.9. The molecule has 2 nitrogen and oxygen atoms in total. The lowest BCUT2D eigenvalue weighted by atomic mass is 9.67. The largest absolute Gasteiger partial charge is 0.455 e. The first-order valence-corrected chi connectivity index (χ1v) is 17.5. The molecule has 1 aliphatic rings. The molecule has 0 amide bonds. The molecular weight excluding hydrogens is 619 g/mol. The van der Waals surface area contributed by atoms with Crippen molar-refractivity contribution in [2.24, 2.45) is 0 Å². The van der Waals surface area contributed by atoms with E-state index in [0.29, 0.717) is 0 Å². The average molecular weight is 652 g/mol. The molecule has 1 heterocycles. The van der Waals surface area contributed by atoms with Crippen LogP contribution in [-0.2, 0) is 5.41 Å². The molecule has 0 N–H and O–H groups in total. The third-order valence-corrected chi connectivity index (χ3v) is 10.5. The van der Waals surface area contributed by atoms with Crippen LogP contribution >= 0.6 is 0 Å². The van der Waals surface area contributed by atoms with E-state index in [9.17, 15) is 0 Å². The molecule has 0 bridgehead atoms. The summed E-state index contributed by atoms with van der Waals surface area (Å²) in [6.07, 6.45) is 0. The van der Waals surface area contributed by atoms with Gasteiger partial charge in [-0.3, -0.25) is 0 Å². The summed E-state index contributed by atoms with van der Waals surface area (Å²) in [6.45, 7) is 0. The lowest BCUT2D eigenvalue weighted by Gasteiger charge is -2.35. The van der Waals surface area contributed by atoms with Crippen molar-refractivity contribution in [2.45, 2.75) is 5.41 Å². The second-order valence-corrected chi connectivity index (χ2v) is 13.3. The minimum absolute atomic E-state index is 0.481. The van der Waals surface area contributed by atoms with E-state index in [-0.39, 0.29) is 0 Å². The lowest BCUT2D eigenvalue weighted by Crippen LogP contribution is -2.28. The van der Waals surface area contributed by atoms with Crippen molar-refractivity contribution in [1.29, 1.82) is 0 Å². The van der Waals surface area contributed by atoms with Gasteiger partial charge in [0, 0.05) is 33.4 Å². The summed E-state index contributed by atoms with van der Waals surface area (Å²) in [6, 6.07) is 72.2. The molecule has 0 radical (unpaired) electrons. The molecule has 0 spiro atoms. The van der Waals surface area contributed by atoms with Gasteiger partial charge < -0.3 is 9.32 Å². The predicted molar refractivity (Wildman–Crippen MR) is 211 cm³/mol. The molecule has 2 heteroatoms. The van der Waals surface area contributed by atoms with Crippen LogP contribution in [0, 0.1) is 0 Å². The van der Waals surface area contributed by atoms with Crippen LogP contribution in [0.1, 0.15) is 22.3 Å². The number of hydrogen-bond acceptors (Lipinski definition) is 2. The summed E-state index contributed by atoms with van der Waals surface area (Å²) in [5, 5.41) is 2.26. The Balaban J connectivity index is 1.20. The number of fused-ring (bicyclic) bond motifs is 6. The van der Waals surface area contributed by atoms with Gasteiger partial charge in [-0.2, -0.15) is 0 Å². The number of anilines is 3. The second-order valence-electron chi connectivity index (χ2n) is 13.3. The summed E-state index contributed by atoms with van der Waals surface area (Å²) in [5.74, 6) is 0. The van der Waals surface area contributed by atoms with Crippen molar-refractivity contribution in [3.05, 3.63) is 222 Å². The summed E-state index contributed by atoms with van der Waals surface area (Å²) >= 11 is 0. The fourth-order valence-corrected chi connectivity index (χ4v) is 8.38. The molecule has 0 saturated heterocycles. The van der Waals surface area contributed by atoms with Gasteiger partial charge in [0.25, 0.3) is 0 Å². The third kappa shape index (κ3) is 4.50. The van der Waals surface area contributed by atoms with Crippen molar-refractivity contribution in [1.82, 2.24) is 0 Å². The monoisotopic (exact) mass is 651 g/mol. The van der Waals surface area contributed by atoms with Gasteiger partial charge in [0.15, 0.2) is 0 Å². The van der Waals surface area contributed by atoms with Gasteiger partial charge in [0.2, 0.25) is 0 Å². The van der Waals surface area contributed by atoms with Gasteiger partial charge in [-0.15, -0.1) is 0 Å². The van der Waals surface area contributed by atoms with Crippen LogP contribution in [0.15, 0.2) is 205 Å². The Morgan fingerprint density at radius 1 is 0.373 bits per heavy atom. The highest BCUT2D eigenvalue weighted by Crippen LogP contribution is 2.57. The highest BCUT2D eigenvalue weighted by atomic mass is 16.3. The van der Waals surface area contributed by atoms with E-state index in [4.69, 9.17) is 4.42 Å². The van der Waals surface area contributed by atoms with Crippen LogP contribution in [0.4, 0.5) is 17.1 Å². The minimum Gasteiger partial charge on any atom is -0.455 e. The molecule has 51 heavy (non-hydrogen) atoms. The smallest absolute Gasteiger partial charge is 0.143 e. The maximum absolute atomic E-state index is 6.48. The average Bonchev–Trinajstić information content (AvgIpc) is 3.73. The van der Waals surface area contributed by atoms with E-state index in [1.54, 1.807) is 0 Å².